The molecule has 0 aliphatic rings. The van der Waals surface area contributed by atoms with Crippen LogP contribution in [0.4, 0.5) is 5.69 Å². The van der Waals surface area contributed by atoms with Crippen molar-refractivity contribution in [2.24, 2.45) is 0 Å². The van der Waals surface area contributed by atoms with E-state index in [1.165, 1.54) is 16.7 Å². The molecule has 3 N–H and O–H groups in total. The van der Waals surface area contributed by atoms with Gasteiger partial charge < -0.3 is 11.1 Å². The first-order chi connectivity index (χ1) is 8.15. The lowest BCUT2D eigenvalue weighted by Crippen LogP contribution is -2.13. The highest BCUT2D eigenvalue weighted by molar-refractivity contribution is 9.10. The van der Waals surface area contributed by atoms with Gasteiger partial charge in [0.05, 0.1) is 0 Å². The Labute approximate surface area is 114 Å². The number of nitrogens with one attached hydrogen (secondary N) is 1. The van der Waals surface area contributed by atoms with Crippen molar-refractivity contribution in [3.05, 3.63) is 50.1 Å². The molecule has 17 heavy (non-hydrogen) atoms. The summed E-state index contributed by atoms with van der Waals surface area (Å²) in [5.74, 6) is 0. The lowest BCUT2D eigenvalue weighted by atomic mass is 10.2. The number of thiophene rings is 1. The minimum atomic E-state index is 0.794. The molecule has 0 amide bonds. The fraction of sp³-hybridized carbons (Fsp3) is 0.231. The average molecular weight is 311 g/mol. The van der Waals surface area contributed by atoms with Crippen molar-refractivity contribution in [3.63, 3.8) is 0 Å². The van der Waals surface area contributed by atoms with Crippen molar-refractivity contribution < 1.29 is 0 Å². The molecule has 0 fully saturated rings. The standard InChI is InChI=1S/C13H15BrN2S/c1-9-7-17-8-11(9)6-16-5-10-2-12(14)4-13(15)3-10/h2-4,7-8,16H,5-6,15H2,1H3. The molecule has 2 aromatic rings. The molecule has 0 unspecified atom stereocenters. The monoisotopic (exact) mass is 310 g/mol. The SMILES string of the molecule is Cc1cscc1CNCc1cc(N)cc(Br)c1. The number of hydrogen-bond donors (Lipinski definition) is 2. The van der Waals surface area contributed by atoms with Gasteiger partial charge >= 0.3 is 0 Å². The predicted molar refractivity (Wildman–Crippen MR) is 78.2 cm³/mol. The van der Waals surface area contributed by atoms with Gasteiger partial charge in [-0.2, -0.15) is 11.3 Å². The maximum atomic E-state index is 5.79. The van der Waals surface area contributed by atoms with E-state index >= 15 is 0 Å². The molecule has 0 saturated carbocycles. The van der Waals surface area contributed by atoms with Gasteiger partial charge in [-0.05, 0) is 52.6 Å². The highest BCUT2D eigenvalue weighted by Gasteiger charge is 2.00. The first-order valence-corrected chi connectivity index (χ1v) is 7.16. The third-order valence-corrected chi connectivity index (χ3v) is 3.95. The summed E-state index contributed by atoms with van der Waals surface area (Å²) < 4.78 is 1.03. The number of hydrogen-bond acceptors (Lipinski definition) is 3. The van der Waals surface area contributed by atoms with Gasteiger partial charge in [-0.25, -0.2) is 0 Å². The van der Waals surface area contributed by atoms with Gasteiger partial charge in [-0.1, -0.05) is 15.9 Å². The Morgan fingerprint density at radius 1 is 1.24 bits per heavy atom. The Kier molecular flexibility index (Phi) is 4.20. The lowest BCUT2D eigenvalue weighted by Gasteiger charge is -2.06. The number of benzene rings is 1. The van der Waals surface area contributed by atoms with E-state index in [4.69, 9.17) is 5.73 Å². The third-order valence-electron chi connectivity index (χ3n) is 2.59. The van der Waals surface area contributed by atoms with Crippen LogP contribution in [0, 0.1) is 6.92 Å². The quantitative estimate of drug-likeness (QED) is 0.845. The fourth-order valence-corrected chi connectivity index (χ4v) is 3.10. The van der Waals surface area contributed by atoms with Crippen LogP contribution < -0.4 is 11.1 Å². The second-order valence-electron chi connectivity index (χ2n) is 4.08. The zero-order valence-electron chi connectivity index (χ0n) is 9.66. The third kappa shape index (κ3) is 3.56. The molecule has 1 aromatic carbocycles. The molecule has 0 aliphatic heterocycles. The van der Waals surface area contributed by atoms with Crippen LogP contribution in [0.3, 0.4) is 0 Å². The van der Waals surface area contributed by atoms with Crippen LogP contribution in [0.15, 0.2) is 33.4 Å². The van der Waals surface area contributed by atoms with E-state index in [-0.39, 0.29) is 0 Å². The Hall–Kier alpha value is -0.840. The summed E-state index contributed by atoms with van der Waals surface area (Å²) in [5, 5.41) is 7.80. The van der Waals surface area contributed by atoms with Crippen LogP contribution in [0.5, 0.6) is 0 Å². The molecule has 0 saturated heterocycles. The zero-order chi connectivity index (χ0) is 12.3. The van der Waals surface area contributed by atoms with Crippen LogP contribution in [-0.4, -0.2) is 0 Å². The Bertz CT molecular complexity index is 488. The molecule has 0 radical (unpaired) electrons. The highest BCUT2D eigenvalue weighted by Crippen LogP contribution is 2.17. The van der Waals surface area contributed by atoms with Crippen molar-refractivity contribution in [1.82, 2.24) is 5.32 Å². The molecule has 0 spiro atoms. The second kappa shape index (κ2) is 5.67. The van der Waals surface area contributed by atoms with Crippen molar-refractivity contribution >= 4 is 33.0 Å². The van der Waals surface area contributed by atoms with Gasteiger partial charge in [0, 0.05) is 23.2 Å². The van der Waals surface area contributed by atoms with Gasteiger partial charge in [0.1, 0.15) is 0 Å². The van der Waals surface area contributed by atoms with Crippen LogP contribution in [0.2, 0.25) is 0 Å². The van der Waals surface area contributed by atoms with Gasteiger partial charge in [0.15, 0.2) is 0 Å². The minimum Gasteiger partial charge on any atom is -0.399 e. The summed E-state index contributed by atoms with van der Waals surface area (Å²) in [6.45, 7) is 3.88. The van der Waals surface area contributed by atoms with Crippen molar-refractivity contribution in [3.8, 4) is 0 Å². The molecule has 0 bridgehead atoms. The topological polar surface area (TPSA) is 38.0 Å². The average Bonchev–Trinajstić information content (AvgIpc) is 2.63. The molecule has 90 valence electrons. The molecular weight excluding hydrogens is 296 g/mol. The van der Waals surface area contributed by atoms with Gasteiger partial charge in [-0.15, -0.1) is 0 Å². The Morgan fingerprint density at radius 2 is 2.06 bits per heavy atom. The molecule has 0 aliphatic carbocycles. The van der Waals surface area contributed by atoms with E-state index in [2.05, 4.69) is 45.0 Å². The highest BCUT2D eigenvalue weighted by atomic mass is 79.9. The molecule has 1 aromatic heterocycles. The largest absolute Gasteiger partial charge is 0.399 e. The Balaban J connectivity index is 1.92. The molecule has 1 heterocycles. The van der Waals surface area contributed by atoms with E-state index in [0.29, 0.717) is 0 Å². The summed E-state index contributed by atoms with van der Waals surface area (Å²) in [4.78, 5) is 0. The van der Waals surface area contributed by atoms with Gasteiger partial charge in [0.25, 0.3) is 0 Å². The van der Waals surface area contributed by atoms with Crippen LogP contribution in [-0.2, 0) is 13.1 Å². The Morgan fingerprint density at radius 3 is 2.71 bits per heavy atom. The van der Waals surface area contributed by atoms with Crippen LogP contribution in [0.25, 0.3) is 0 Å². The van der Waals surface area contributed by atoms with E-state index in [1.807, 2.05) is 12.1 Å². The van der Waals surface area contributed by atoms with Crippen molar-refractivity contribution in [2.75, 3.05) is 5.73 Å². The number of halogens is 1. The normalized spacial score (nSPS) is 10.7. The fourth-order valence-electron chi connectivity index (χ4n) is 1.69. The summed E-state index contributed by atoms with van der Waals surface area (Å²) in [7, 11) is 0. The number of nitrogen functional groups attached to an aromatic ring is 1. The summed E-state index contributed by atoms with van der Waals surface area (Å²) in [5.41, 5.74) is 10.5. The maximum absolute atomic E-state index is 5.79. The number of rotatable bonds is 4. The van der Waals surface area contributed by atoms with Crippen LogP contribution >= 0.6 is 27.3 Å². The van der Waals surface area contributed by atoms with Crippen molar-refractivity contribution in [2.45, 2.75) is 20.0 Å². The second-order valence-corrected chi connectivity index (χ2v) is 5.74. The first kappa shape index (κ1) is 12.6. The zero-order valence-corrected chi connectivity index (χ0v) is 12.1. The summed E-state index contributed by atoms with van der Waals surface area (Å²) in [6, 6.07) is 5.99. The number of aryl methyl sites for hydroxylation is 1. The minimum absolute atomic E-state index is 0.794. The summed E-state index contributed by atoms with van der Waals surface area (Å²) >= 11 is 5.20. The summed E-state index contributed by atoms with van der Waals surface area (Å²) in [6.07, 6.45) is 0. The lowest BCUT2D eigenvalue weighted by molar-refractivity contribution is 0.692. The molecule has 2 rings (SSSR count). The van der Waals surface area contributed by atoms with E-state index < -0.39 is 0 Å². The molecular formula is C13H15BrN2S. The molecule has 0 atom stereocenters. The van der Waals surface area contributed by atoms with Crippen molar-refractivity contribution in [1.29, 1.82) is 0 Å². The van der Waals surface area contributed by atoms with Crippen LogP contribution in [0.1, 0.15) is 16.7 Å². The maximum Gasteiger partial charge on any atom is 0.0328 e. The smallest absolute Gasteiger partial charge is 0.0328 e. The molecule has 4 heteroatoms. The number of nitrogens with two attached hydrogens (primary N) is 1. The van der Waals surface area contributed by atoms with E-state index in [9.17, 15) is 0 Å². The van der Waals surface area contributed by atoms with E-state index in [1.54, 1.807) is 11.3 Å². The predicted octanol–water partition coefficient (Wildman–Crippen LogP) is 3.69. The number of anilines is 1. The van der Waals surface area contributed by atoms with Gasteiger partial charge in [-0.3, -0.25) is 0 Å². The first-order valence-electron chi connectivity index (χ1n) is 5.42. The molecule has 2 nitrogen and oxygen atoms in total. The van der Waals surface area contributed by atoms with E-state index in [0.717, 1.165) is 23.2 Å². The van der Waals surface area contributed by atoms with Gasteiger partial charge in [0.2, 0.25) is 0 Å².